The van der Waals surface area contributed by atoms with Gasteiger partial charge in [-0.25, -0.2) is 0 Å². The van der Waals surface area contributed by atoms with Gasteiger partial charge in [-0.2, -0.15) is 0 Å². The quantitative estimate of drug-likeness (QED) is 0.588. The zero-order chi connectivity index (χ0) is 14.1. The molecule has 0 aliphatic heterocycles. The fourth-order valence-corrected chi connectivity index (χ4v) is 2.21. The van der Waals surface area contributed by atoms with Crippen molar-refractivity contribution in [2.75, 3.05) is 0 Å². The monoisotopic (exact) mass is 260 g/mol. The molecular formula is C18H28O. The van der Waals surface area contributed by atoms with Gasteiger partial charge in [-0.05, 0) is 37.8 Å². The number of rotatable bonds is 8. The summed E-state index contributed by atoms with van der Waals surface area (Å²) in [6, 6.07) is 4.06. The normalized spacial score (nSPS) is 11.3. The molecule has 0 atom stereocenters. The van der Waals surface area contributed by atoms with E-state index in [4.69, 9.17) is 0 Å². The molecule has 0 radical (unpaired) electrons. The van der Waals surface area contributed by atoms with E-state index >= 15 is 0 Å². The summed E-state index contributed by atoms with van der Waals surface area (Å²) < 4.78 is 0. The Kier molecular flexibility index (Phi) is 7.32. The van der Waals surface area contributed by atoms with E-state index in [1.54, 1.807) is 0 Å². The van der Waals surface area contributed by atoms with Crippen LogP contribution in [0.5, 0.6) is 5.75 Å². The molecule has 106 valence electrons. The number of aromatic hydroxyl groups is 1. The molecule has 0 spiro atoms. The molecule has 1 rings (SSSR count). The molecule has 0 aliphatic rings. The SMILES string of the molecule is CCCCCCCCC=Cc1ccc(C)c(C)c1O. The van der Waals surface area contributed by atoms with Crippen LogP contribution in [0.2, 0.25) is 0 Å². The van der Waals surface area contributed by atoms with Crippen molar-refractivity contribution in [1.29, 1.82) is 0 Å². The topological polar surface area (TPSA) is 20.2 Å². The molecule has 1 heteroatoms. The van der Waals surface area contributed by atoms with Crippen molar-refractivity contribution in [3.05, 3.63) is 34.9 Å². The molecule has 0 saturated carbocycles. The van der Waals surface area contributed by atoms with Crippen LogP contribution in [0, 0.1) is 13.8 Å². The number of hydrogen-bond acceptors (Lipinski definition) is 1. The van der Waals surface area contributed by atoms with E-state index in [1.807, 2.05) is 26.0 Å². The van der Waals surface area contributed by atoms with Crippen molar-refractivity contribution in [3.63, 3.8) is 0 Å². The predicted molar refractivity (Wildman–Crippen MR) is 84.6 cm³/mol. The number of phenols is 1. The molecule has 0 heterocycles. The zero-order valence-corrected chi connectivity index (χ0v) is 12.7. The van der Waals surface area contributed by atoms with Gasteiger partial charge in [0.2, 0.25) is 0 Å². The lowest BCUT2D eigenvalue weighted by atomic mass is 10.0. The van der Waals surface area contributed by atoms with Gasteiger partial charge >= 0.3 is 0 Å². The van der Waals surface area contributed by atoms with Crippen molar-refractivity contribution in [2.45, 2.75) is 65.7 Å². The van der Waals surface area contributed by atoms with Crippen LogP contribution < -0.4 is 0 Å². The molecule has 1 aromatic rings. The molecule has 0 aliphatic carbocycles. The second-order valence-corrected chi connectivity index (χ2v) is 5.40. The minimum Gasteiger partial charge on any atom is -0.507 e. The third kappa shape index (κ3) is 5.50. The van der Waals surface area contributed by atoms with E-state index in [0.29, 0.717) is 5.75 Å². The van der Waals surface area contributed by atoms with Crippen LogP contribution in [0.15, 0.2) is 18.2 Å². The number of aryl methyl sites for hydroxylation is 1. The third-order valence-corrected chi connectivity index (χ3v) is 3.75. The van der Waals surface area contributed by atoms with Gasteiger partial charge in [0.1, 0.15) is 5.75 Å². The Morgan fingerprint density at radius 2 is 1.68 bits per heavy atom. The maximum absolute atomic E-state index is 10.0. The van der Waals surface area contributed by atoms with Gasteiger partial charge in [-0.3, -0.25) is 0 Å². The van der Waals surface area contributed by atoms with Gasteiger partial charge < -0.3 is 5.11 Å². The molecule has 0 aromatic heterocycles. The molecule has 0 bridgehead atoms. The second kappa shape index (κ2) is 8.79. The summed E-state index contributed by atoms with van der Waals surface area (Å²) >= 11 is 0. The highest BCUT2D eigenvalue weighted by atomic mass is 16.3. The van der Waals surface area contributed by atoms with Crippen LogP contribution in [0.4, 0.5) is 0 Å². The minimum absolute atomic E-state index is 0.430. The summed E-state index contributed by atoms with van der Waals surface area (Å²) in [6.45, 7) is 6.24. The van der Waals surface area contributed by atoms with Crippen molar-refractivity contribution in [1.82, 2.24) is 0 Å². The van der Waals surface area contributed by atoms with E-state index in [9.17, 15) is 5.11 Å². The van der Waals surface area contributed by atoms with Crippen LogP contribution in [0.25, 0.3) is 6.08 Å². The molecule has 1 aromatic carbocycles. The highest BCUT2D eigenvalue weighted by molar-refractivity contribution is 5.60. The van der Waals surface area contributed by atoms with E-state index in [1.165, 1.54) is 38.5 Å². The van der Waals surface area contributed by atoms with Crippen LogP contribution >= 0.6 is 0 Å². The smallest absolute Gasteiger partial charge is 0.125 e. The van der Waals surface area contributed by atoms with Crippen LogP contribution in [0.1, 0.15) is 68.6 Å². The lowest BCUT2D eigenvalue weighted by molar-refractivity contribution is 0.469. The molecular weight excluding hydrogens is 232 g/mol. The Labute approximate surface area is 118 Å². The van der Waals surface area contributed by atoms with E-state index in [-0.39, 0.29) is 0 Å². The predicted octanol–water partition coefficient (Wildman–Crippen LogP) is 5.77. The van der Waals surface area contributed by atoms with E-state index in [0.717, 1.165) is 23.1 Å². The Hall–Kier alpha value is -1.24. The molecule has 1 nitrogen and oxygen atoms in total. The first-order valence-electron chi connectivity index (χ1n) is 7.62. The van der Waals surface area contributed by atoms with Gasteiger partial charge in [0.25, 0.3) is 0 Å². The summed E-state index contributed by atoms with van der Waals surface area (Å²) in [5.74, 6) is 0.430. The fraction of sp³-hybridized carbons (Fsp3) is 0.556. The molecule has 0 fully saturated rings. The molecule has 1 N–H and O–H groups in total. The van der Waals surface area contributed by atoms with Gasteiger partial charge in [0.15, 0.2) is 0 Å². The van der Waals surface area contributed by atoms with Gasteiger partial charge in [-0.1, -0.05) is 63.3 Å². The highest BCUT2D eigenvalue weighted by Crippen LogP contribution is 2.26. The van der Waals surface area contributed by atoms with Crippen LogP contribution in [0.3, 0.4) is 0 Å². The first-order valence-corrected chi connectivity index (χ1v) is 7.62. The van der Waals surface area contributed by atoms with Crippen molar-refractivity contribution >= 4 is 6.08 Å². The number of hydrogen-bond donors (Lipinski definition) is 1. The summed E-state index contributed by atoms with van der Waals surface area (Å²) in [4.78, 5) is 0. The lowest BCUT2D eigenvalue weighted by Gasteiger charge is -2.06. The average Bonchev–Trinajstić information content (AvgIpc) is 2.41. The molecule has 0 unspecified atom stereocenters. The number of unbranched alkanes of at least 4 members (excludes halogenated alkanes) is 6. The summed E-state index contributed by atoms with van der Waals surface area (Å²) in [7, 11) is 0. The Morgan fingerprint density at radius 3 is 2.42 bits per heavy atom. The third-order valence-electron chi connectivity index (χ3n) is 3.75. The van der Waals surface area contributed by atoms with Gasteiger partial charge in [-0.15, -0.1) is 0 Å². The van der Waals surface area contributed by atoms with Crippen LogP contribution in [-0.2, 0) is 0 Å². The number of phenolic OH excluding ortho intramolecular Hbond substituents is 1. The Balaban J connectivity index is 2.31. The van der Waals surface area contributed by atoms with Crippen molar-refractivity contribution < 1.29 is 5.11 Å². The first-order chi connectivity index (χ1) is 9.16. The minimum atomic E-state index is 0.430. The standard InChI is InChI=1S/C18H28O/c1-4-5-6-7-8-9-10-11-12-17-14-13-15(2)16(3)18(17)19/h11-14,19H,4-10H2,1-3H3. The fourth-order valence-electron chi connectivity index (χ4n) is 2.21. The van der Waals surface area contributed by atoms with E-state index < -0.39 is 0 Å². The van der Waals surface area contributed by atoms with E-state index in [2.05, 4.69) is 19.1 Å². The molecule has 0 saturated heterocycles. The van der Waals surface area contributed by atoms with Gasteiger partial charge in [0, 0.05) is 5.56 Å². The van der Waals surface area contributed by atoms with Gasteiger partial charge in [0.05, 0.1) is 0 Å². The Bertz CT molecular complexity index is 404. The zero-order valence-electron chi connectivity index (χ0n) is 12.7. The number of benzene rings is 1. The number of allylic oxidation sites excluding steroid dienone is 1. The maximum Gasteiger partial charge on any atom is 0.125 e. The van der Waals surface area contributed by atoms with Crippen molar-refractivity contribution in [3.8, 4) is 5.75 Å². The average molecular weight is 260 g/mol. The first kappa shape index (κ1) is 15.8. The summed E-state index contributed by atoms with van der Waals surface area (Å²) in [6.07, 6.45) is 13.3. The lowest BCUT2D eigenvalue weighted by Crippen LogP contribution is -1.84. The largest absolute Gasteiger partial charge is 0.507 e. The summed E-state index contributed by atoms with van der Waals surface area (Å²) in [5, 5.41) is 10.0. The summed E-state index contributed by atoms with van der Waals surface area (Å²) in [5.41, 5.74) is 3.07. The Morgan fingerprint density at radius 1 is 1.00 bits per heavy atom. The van der Waals surface area contributed by atoms with Crippen LogP contribution in [-0.4, -0.2) is 5.11 Å². The molecule has 0 amide bonds. The second-order valence-electron chi connectivity index (χ2n) is 5.40. The van der Waals surface area contributed by atoms with Crippen molar-refractivity contribution in [2.24, 2.45) is 0 Å². The molecule has 19 heavy (non-hydrogen) atoms. The maximum atomic E-state index is 10.0. The highest BCUT2D eigenvalue weighted by Gasteiger charge is 2.03.